The predicted octanol–water partition coefficient (Wildman–Crippen LogP) is 1.87. The molecule has 1 aliphatic carbocycles. The minimum Gasteiger partial charge on any atom is -0.298 e. The average Bonchev–Trinajstić information content (AvgIpc) is 2.77. The molecule has 1 N–H and O–H groups in total. The summed E-state index contributed by atoms with van der Waals surface area (Å²) in [4.78, 5) is 2.12. The Balaban J connectivity index is 1.57. The average molecular weight is 330 g/mol. The van der Waals surface area contributed by atoms with E-state index < -0.39 is 21.7 Å². The fourth-order valence-corrected chi connectivity index (χ4v) is 4.55. The first-order valence-electron chi connectivity index (χ1n) is 7.39. The quantitative estimate of drug-likeness (QED) is 0.917. The number of likely N-dealkylation sites (tertiary alicyclic amines) is 1. The van der Waals surface area contributed by atoms with Gasteiger partial charge < -0.3 is 0 Å². The van der Waals surface area contributed by atoms with E-state index in [0.29, 0.717) is 12.1 Å². The molecule has 1 heterocycles. The van der Waals surface area contributed by atoms with Crippen LogP contribution in [0, 0.1) is 17.0 Å². The zero-order chi connectivity index (χ0) is 16.0. The summed E-state index contributed by atoms with van der Waals surface area (Å²) in [6.45, 7) is 2.04. The third kappa shape index (κ3) is 3.31. The van der Waals surface area contributed by atoms with Gasteiger partial charge >= 0.3 is 0 Å². The summed E-state index contributed by atoms with van der Waals surface area (Å²) in [5.74, 6) is -1.58. The third-order valence-electron chi connectivity index (χ3n) is 4.68. The van der Waals surface area contributed by atoms with Crippen LogP contribution in [0.3, 0.4) is 0 Å². The molecule has 0 unspecified atom stereocenters. The molecular formula is C15H20F2N2O2S. The molecule has 2 fully saturated rings. The number of nitrogens with one attached hydrogen (secondary N) is 1. The molecule has 7 heteroatoms. The highest BCUT2D eigenvalue weighted by Crippen LogP contribution is 2.48. The van der Waals surface area contributed by atoms with E-state index in [-0.39, 0.29) is 11.5 Å². The van der Waals surface area contributed by atoms with E-state index >= 15 is 0 Å². The largest absolute Gasteiger partial charge is 0.298 e. The number of halogens is 2. The van der Waals surface area contributed by atoms with E-state index in [2.05, 4.69) is 9.62 Å². The Hall–Kier alpha value is -1.05. The predicted molar refractivity (Wildman–Crippen MR) is 79.7 cm³/mol. The number of hydrogen-bond donors (Lipinski definition) is 1. The van der Waals surface area contributed by atoms with Gasteiger partial charge in [-0.25, -0.2) is 21.9 Å². The number of benzene rings is 1. The Morgan fingerprint density at radius 1 is 1.36 bits per heavy atom. The first-order chi connectivity index (χ1) is 10.3. The van der Waals surface area contributed by atoms with Crippen LogP contribution in [0.1, 0.15) is 24.8 Å². The number of sulfonamides is 1. The van der Waals surface area contributed by atoms with Crippen molar-refractivity contribution >= 4 is 10.0 Å². The maximum atomic E-state index is 13.7. The van der Waals surface area contributed by atoms with E-state index in [1.807, 2.05) is 0 Å². The minimum atomic E-state index is -3.16. The maximum absolute atomic E-state index is 13.7. The molecule has 1 aliphatic heterocycles. The van der Waals surface area contributed by atoms with Crippen molar-refractivity contribution in [3.63, 3.8) is 0 Å². The van der Waals surface area contributed by atoms with Gasteiger partial charge in [0.15, 0.2) is 11.6 Å². The Bertz CT molecular complexity index is 672. The summed E-state index contributed by atoms with van der Waals surface area (Å²) in [5.41, 5.74) is 0.508. The van der Waals surface area contributed by atoms with Crippen molar-refractivity contribution in [1.29, 1.82) is 0 Å². The molecular weight excluding hydrogens is 310 g/mol. The number of nitrogens with zero attached hydrogens (tertiary/aromatic N) is 1. The van der Waals surface area contributed by atoms with Gasteiger partial charge in [0, 0.05) is 24.7 Å². The van der Waals surface area contributed by atoms with Gasteiger partial charge in [-0.15, -0.1) is 0 Å². The lowest BCUT2D eigenvalue weighted by molar-refractivity contribution is 0.101. The van der Waals surface area contributed by atoms with Crippen LogP contribution in [0.5, 0.6) is 0 Å². The van der Waals surface area contributed by atoms with Gasteiger partial charge in [0.05, 0.1) is 6.26 Å². The van der Waals surface area contributed by atoms with E-state index in [1.165, 1.54) is 12.3 Å². The highest BCUT2D eigenvalue weighted by molar-refractivity contribution is 7.88. The molecule has 0 aromatic heterocycles. The van der Waals surface area contributed by atoms with Crippen molar-refractivity contribution in [2.75, 3.05) is 19.3 Å². The number of hydrogen-bond acceptors (Lipinski definition) is 3. The summed E-state index contributed by atoms with van der Waals surface area (Å²) in [6, 6.07) is 4.27. The van der Waals surface area contributed by atoms with Crippen molar-refractivity contribution in [2.24, 2.45) is 5.41 Å². The van der Waals surface area contributed by atoms with E-state index in [1.54, 1.807) is 6.07 Å². The lowest BCUT2D eigenvalue weighted by Gasteiger charge is -2.45. The fourth-order valence-electron chi connectivity index (χ4n) is 3.78. The van der Waals surface area contributed by atoms with Crippen LogP contribution in [0.2, 0.25) is 0 Å². The normalized spacial score (nSPS) is 29.0. The van der Waals surface area contributed by atoms with Gasteiger partial charge in [-0.05, 0) is 37.3 Å². The second-order valence-corrected chi connectivity index (χ2v) is 8.45. The molecule has 4 nitrogen and oxygen atoms in total. The maximum Gasteiger partial charge on any atom is 0.208 e. The second-order valence-electron chi connectivity index (χ2n) is 6.67. The Kier molecular flexibility index (Phi) is 3.99. The van der Waals surface area contributed by atoms with Crippen molar-refractivity contribution in [1.82, 2.24) is 9.62 Å². The first-order valence-corrected chi connectivity index (χ1v) is 9.28. The van der Waals surface area contributed by atoms with Crippen LogP contribution < -0.4 is 4.72 Å². The van der Waals surface area contributed by atoms with Crippen molar-refractivity contribution in [3.05, 3.63) is 35.4 Å². The molecule has 0 amide bonds. The van der Waals surface area contributed by atoms with E-state index in [4.69, 9.17) is 0 Å². The van der Waals surface area contributed by atoms with Crippen molar-refractivity contribution < 1.29 is 17.2 Å². The molecule has 22 heavy (non-hydrogen) atoms. The standard InChI is InChI=1S/C15H20F2N2O2S/c1-22(20,21)18-12-7-15(8-12)5-6-19(10-15)9-11-3-2-4-13(16)14(11)17/h2-4,12,18H,5-10H2,1H3. The summed E-state index contributed by atoms with van der Waals surface area (Å²) in [7, 11) is -3.16. The second kappa shape index (κ2) is 5.54. The zero-order valence-corrected chi connectivity index (χ0v) is 13.3. The van der Waals surface area contributed by atoms with Crippen LogP contribution >= 0.6 is 0 Å². The molecule has 2 aliphatic rings. The van der Waals surface area contributed by atoms with Gasteiger partial charge in [0.2, 0.25) is 10.0 Å². The summed E-state index contributed by atoms with van der Waals surface area (Å²) >= 11 is 0. The monoisotopic (exact) mass is 330 g/mol. The molecule has 1 aromatic carbocycles. The highest BCUT2D eigenvalue weighted by atomic mass is 32.2. The molecule has 1 saturated carbocycles. The molecule has 1 spiro atoms. The molecule has 122 valence electrons. The Morgan fingerprint density at radius 3 is 2.77 bits per heavy atom. The van der Waals surface area contributed by atoms with Gasteiger partial charge in [-0.3, -0.25) is 4.90 Å². The number of rotatable bonds is 4. The van der Waals surface area contributed by atoms with Gasteiger partial charge in [0.25, 0.3) is 0 Å². The molecule has 0 bridgehead atoms. The molecule has 0 atom stereocenters. The van der Waals surface area contributed by atoms with Crippen LogP contribution in [0.25, 0.3) is 0 Å². The lowest BCUT2D eigenvalue weighted by Crippen LogP contribution is -2.51. The van der Waals surface area contributed by atoms with Crippen LogP contribution in [0.4, 0.5) is 8.78 Å². The minimum absolute atomic E-state index is 0.0147. The third-order valence-corrected chi connectivity index (χ3v) is 5.44. The van der Waals surface area contributed by atoms with Gasteiger partial charge in [0.1, 0.15) is 0 Å². The molecule has 1 aromatic rings. The van der Waals surface area contributed by atoms with Crippen LogP contribution in [-0.2, 0) is 16.6 Å². The Labute approximate surface area is 129 Å². The summed E-state index contributed by atoms with van der Waals surface area (Å²) in [6.07, 6.45) is 3.79. The Morgan fingerprint density at radius 2 is 2.09 bits per heavy atom. The fraction of sp³-hybridized carbons (Fsp3) is 0.600. The molecule has 3 rings (SSSR count). The molecule has 0 radical (unpaired) electrons. The van der Waals surface area contributed by atoms with Crippen LogP contribution in [-0.4, -0.2) is 38.7 Å². The van der Waals surface area contributed by atoms with Gasteiger partial charge in [-0.1, -0.05) is 12.1 Å². The first kappa shape index (κ1) is 15.8. The summed E-state index contributed by atoms with van der Waals surface area (Å²) in [5, 5.41) is 0. The van der Waals surface area contributed by atoms with E-state index in [0.717, 1.165) is 38.4 Å². The van der Waals surface area contributed by atoms with Crippen LogP contribution in [0.15, 0.2) is 18.2 Å². The SMILES string of the molecule is CS(=O)(=O)NC1CC2(CCN(Cc3cccc(F)c3F)C2)C1. The molecule has 1 saturated heterocycles. The van der Waals surface area contributed by atoms with E-state index in [9.17, 15) is 17.2 Å². The lowest BCUT2D eigenvalue weighted by atomic mass is 9.65. The topological polar surface area (TPSA) is 49.4 Å². The zero-order valence-electron chi connectivity index (χ0n) is 12.5. The van der Waals surface area contributed by atoms with Crippen molar-refractivity contribution in [2.45, 2.75) is 31.8 Å². The van der Waals surface area contributed by atoms with Crippen molar-refractivity contribution in [3.8, 4) is 0 Å². The summed E-state index contributed by atoms with van der Waals surface area (Å²) < 4.78 is 52.0. The van der Waals surface area contributed by atoms with Gasteiger partial charge in [-0.2, -0.15) is 0 Å². The highest BCUT2D eigenvalue weighted by Gasteiger charge is 2.48. The smallest absolute Gasteiger partial charge is 0.208 e.